The van der Waals surface area contributed by atoms with Crippen LogP contribution in [0.15, 0.2) is 29.3 Å². The van der Waals surface area contributed by atoms with Crippen LogP contribution >= 0.6 is 0 Å². The van der Waals surface area contributed by atoms with Gasteiger partial charge in [0, 0.05) is 32.2 Å². The fourth-order valence-corrected chi connectivity index (χ4v) is 2.57. The van der Waals surface area contributed by atoms with Crippen molar-refractivity contribution in [3.05, 3.63) is 35.4 Å². The van der Waals surface area contributed by atoms with Gasteiger partial charge in [0.05, 0.1) is 6.61 Å². The molecule has 2 N–H and O–H groups in total. The maximum Gasteiger partial charge on any atom is 0.191 e. The van der Waals surface area contributed by atoms with Gasteiger partial charge in [0.1, 0.15) is 0 Å². The minimum Gasteiger partial charge on any atom is -0.383 e. The summed E-state index contributed by atoms with van der Waals surface area (Å²) in [6.45, 7) is 4.94. The summed E-state index contributed by atoms with van der Waals surface area (Å²) in [4.78, 5) is 4.28. The summed E-state index contributed by atoms with van der Waals surface area (Å²) in [6.07, 6.45) is 1.17. The number of benzene rings is 1. The van der Waals surface area contributed by atoms with Crippen LogP contribution < -0.4 is 10.6 Å². The molecule has 0 radical (unpaired) electrons. The van der Waals surface area contributed by atoms with Crippen LogP contribution in [0.5, 0.6) is 0 Å². The number of aryl methyl sites for hydroxylation is 1. The Morgan fingerprint density at radius 1 is 1.45 bits per heavy atom. The van der Waals surface area contributed by atoms with Crippen molar-refractivity contribution in [1.29, 1.82) is 0 Å². The summed E-state index contributed by atoms with van der Waals surface area (Å²) in [6, 6.07) is 9.35. The zero-order valence-electron chi connectivity index (χ0n) is 12.8. The second-order valence-electron chi connectivity index (χ2n) is 5.52. The van der Waals surface area contributed by atoms with Gasteiger partial charge in [0.25, 0.3) is 0 Å². The van der Waals surface area contributed by atoms with E-state index in [0.29, 0.717) is 18.6 Å². The van der Waals surface area contributed by atoms with Gasteiger partial charge in [0.15, 0.2) is 5.96 Å². The number of nitrogens with one attached hydrogen (secondary N) is 2. The normalized spacial score (nSPS) is 23.3. The van der Waals surface area contributed by atoms with Crippen molar-refractivity contribution in [3.63, 3.8) is 0 Å². The number of hydrogen-bond donors (Lipinski definition) is 2. The monoisotopic (exact) mass is 275 g/mol. The molecule has 0 spiro atoms. The molecule has 2 rings (SSSR count). The molecule has 0 heterocycles. The first-order chi connectivity index (χ1) is 9.65. The highest BCUT2D eigenvalue weighted by atomic mass is 16.5. The Balaban J connectivity index is 1.88. The lowest BCUT2D eigenvalue weighted by atomic mass is 10.0. The van der Waals surface area contributed by atoms with Crippen molar-refractivity contribution < 1.29 is 4.74 Å². The van der Waals surface area contributed by atoms with Crippen molar-refractivity contribution in [1.82, 2.24) is 10.6 Å². The van der Waals surface area contributed by atoms with Crippen molar-refractivity contribution in [2.75, 3.05) is 20.8 Å². The largest absolute Gasteiger partial charge is 0.383 e. The smallest absolute Gasteiger partial charge is 0.191 e. The highest BCUT2D eigenvalue weighted by molar-refractivity contribution is 5.80. The van der Waals surface area contributed by atoms with Crippen molar-refractivity contribution in [2.45, 2.75) is 38.3 Å². The Kier molecular flexibility index (Phi) is 5.01. The molecule has 0 saturated heterocycles. The Labute approximate surface area is 121 Å². The fraction of sp³-hybridized carbons (Fsp3) is 0.562. The van der Waals surface area contributed by atoms with E-state index in [4.69, 9.17) is 4.74 Å². The molecule has 1 aromatic rings. The van der Waals surface area contributed by atoms with Gasteiger partial charge in [-0.2, -0.15) is 0 Å². The molecule has 1 saturated carbocycles. The van der Waals surface area contributed by atoms with Crippen LogP contribution in [-0.4, -0.2) is 38.8 Å². The average Bonchev–Trinajstić information content (AvgIpc) is 3.18. The number of guanidine groups is 1. The summed E-state index contributed by atoms with van der Waals surface area (Å²) < 4.78 is 5.13. The molecule has 1 fully saturated rings. The van der Waals surface area contributed by atoms with E-state index < -0.39 is 0 Å². The van der Waals surface area contributed by atoms with Crippen molar-refractivity contribution >= 4 is 5.96 Å². The Morgan fingerprint density at radius 3 is 2.85 bits per heavy atom. The topological polar surface area (TPSA) is 45.7 Å². The number of rotatable bonds is 5. The molecule has 0 amide bonds. The molecule has 110 valence electrons. The van der Waals surface area contributed by atoms with E-state index in [2.05, 4.69) is 53.7 Å². The van der Waals surface area contributed by atoms with Crippen LogP contribution in [-0.2, 0) is 4.74 Å². The number of nitrogens with zero attached hydrogens (tertiary/aromatic N) is 1. The predicted molar refractivity (Wildman–Crippen MR) is 83.3 cm³/mol. The predicted octanol–water partition coefficient (Wildman–Crippen LogP) is 2.05. The lowest BCUT2D eigenvalue weighted by Gasteiger charge is -2.17. The van der Waals surface area contributed by atoms with Crippen LogP contribution in [0.4, 0.5) is 0 Å². The third-order valence-corrected chi connectivity index (χ3v) is 3.72. The summed E-state index contributed by atoms with van der Waals surface area (Å²) in [5.74, 6) is 1.46. The lowest BCUT2D eigenvalue weighted by molar-refractivity contribution is 0.179. The molecule has 1 aromatic carbocycles. The molecular weight excluding hydrogens is 250 g/mol. The summed E-state index contributed by atoms with van der Waals surface area (Å²) in [7, 11) is 3.52. The molecule has 1 aliphatic carbocycles. The van der Waals surface area contributed by atoms with Gasteiger partial charge in [-0.05, 0) is 31.4 Å². The summed E-state index contributed by atoms with van der Waals surface area (Å²) in [5, 5.41) is 6.83. The third-order valence-electron chi connectivity index (χ3n) is 3.72. The van der Waals surface area contributed by atoms with Gasteiger partial charge in [0.2, 0.25) is 0 Å². The molecule has 3 atom stereocenters. The average molecular weight is 275 g/mol. The van der Waals surface area contributed by atoms with Gasteiger partial charge >= 0.3 is 0 Å². The van der Waals surface area contributed by atoms with Crippen LogP contribution in [0.1, 0.15) is 30.4 Å². The SMILES string of the molecule is CN=C(NC(C)COC)NC1CC1c1ccccc1C. The second-order valence-corrected chi connectivity index (χ2v) is 5.52. The van der Waals surface area contributed by atoms with Crippen LogP contribution in [0, 0.1) is 6.92 Å². The second kappa shape index (κ2) is 6.75. The quantitative estimate of drug-likeness (QED) is 0.638. The number of methoxy groups -OCH3 is 1. The first-order valence-electron chi connectivity index (χ1n) is 7.20. The zero-order valence-corrected chi connectivity index (χ0v) is 12.8. The highest BCUT2D eigenvalue weighted by Gasteiger charge is 2.39. The van der Waals surface area contributed by atoms with Gasteiger partial charge < -0.3 is 15.4 Å². The van der Waals surface area contributed by atoms with E-state index in [1.54, 1.807) is 14.2 Å². The molecule has 0 aromatic heterocycles. The number of hydrogen-bond acceptors (Lipinski definition) is 2. The molecule has 20 heavy (non-hydrogen) atoms. The Bertz CT molecular complexity index is 473. The third kappa shape index (κ3) is 3.73. The number of ether oxygens (including phenoxy) is 1. The van der Waals surface area contributed by atoms with E-state index in [1.165, 1.54) is 17.5 Å². The fourth-order valence-electron chi connectivity index (χ4n) is 2.57. The summed E-state index contributed by atoms with van der Waals surface area (Å²) in [5.41, 5.74) is 2.82. The zero-order chi connectivity index (χ0) is 14.5. The lowest BCUT2D eigenvalue weighted by Crippen LogP contribution is -2.45. The van der Waals surface area contributed by atoms with Crippen LogP contribution in [0.2, 0.25) is 0 Å². The molecule has 0 bridgehead atoms. The minimum atomic E-state index is 0.252. The van der Waals surface area contributed by atoms with E-state index in [0.717, 1.165) is 5.96 Å². The summed E-state index contributed by atoms with van der Waals surface area (Å²) >= 11 is 0. The molecule has 4 nitrogen and oxygen atoms in total. The standard InChI is InChI=1S/C16H25N3O/c1-11-7-5-6-8-13(11)14-9-15(14)19-16(17-3)18-12(2)10-20-4/h5-8,12,14-15H,9-10H2,1-4H3,(H2,17,18,19). The molecule has 1 aliphatic rings. The van der Waals surface area contributed by atoms with E-state index in [-0.39, 0.29) is 6.04 Å². The van der Waals surface area contributed by atoms with E-state index in [1.807, 2.05) is 0 Å². The molecule has 0 aliphatic heterocycles. The number of aliphatic imine (C=N–C) groups is 1. The van der Waals surface area contributed by atoms with E-state index in [9.17, 15) is 0 Å². The van der Waals surface area contributed by atoms with Gasteiger partial charge in [-0.3, -0.25) is 4.99 Å². The van der Waals surface area contributed by atoms with Gasteiger partial charge in [-0.1, -0.05) is 24.3 Å². The maximum absolute atomic E-state index is 5.13. The highest BCUT2D eigenvalue weighted by Crippen LogP contribution is 2.41. The van der Waals surface area contributed by atoms with Gasteiger partial charge in [-0.25, -0.2) is 0 Å². The van der Waals surface area contributed by atoms with Crippen LogP contribution in [0.3, 0.4) is 0 Å². The van der Waals surface area contributed by atoms with E-state index >= 15 is 0 Å². The maximum atomic E-state index is 5.13. The Morgan fingerprint density at radius 2 is 2.20 bits per heavy atom. The first kappa shape index (κ1) is 14.9. The molecule has 4 heteroatoms. The van der Waals surface area contributed by atoms with Crippen molar-refractivity contribution in [2.24, 2.45) is 4.99 Å². The molecular formula is C16H25N3O. The van der Waals surface area contributed by atoms with Gasteiger partial charge in [-0.15, -0.1) is 0 Å². The van der Waals surface area contributed by atoms with Crippen LogP contribution in [0.25, 0.3) is 0 Å². The minimum absolute atomic E-state index is 0.252. The Hall–Kier alpha value is -1.55. The van der Waals surface area contributed by atoms with Crippen molar-refractivity contribution in [3.8, 4) is 0 Å². The molecule has 3 unspecified atom stereocenters. The first-order valence-corrected chi connectivity index (χ1v) is 7.20.